The van der Waals surface area contributed by atoms with Crippen LogP contribution in [-0.4, -0.2) is 28.7 Å². The Morgan fingerprint density at radius 2 is 1.83 bits per heavy atom. The molecule has 1 atom stereocenters. The van der Waals surface area contributed by atoms with Crippen LogP contribution in [0.15, 0.2) is 42.5 Å². The number of phenolic OH excluding ortho intramolecular Hbond substituents is 2. The number of carbonyl (C=O) groups excluding carboxylic acids is 1. The standard InChI is InChI=1S/C19H24N2O3/c1-13(5-6-14-3-2-4-16(11-14)19(20)24)21-10-9-15-7-8-17(22)18(23)12-15/h2-4,7-8,11-13,21-23H,5-6,9-10H2,1H3,(H2,20,24)/t13-/m1/s1. The minimum Gasteiger partial charge on any atom is -0.504 e. The summed E-state index contributed by atoms with van der Waals surface area (Å²) < 4.78 is 0. The highest BCUT2D eigenvalue weighted by atomic mass is 16.3. The van der Waals surface area contributed by atoms with Gasteiger partial charge in [-0.1, -0.05) is 18.2 Å². The van der Waals surface area contributed by atoms with Gasteiger partial charge in [0.05, 0.1) is 0 Å². The van der Waals surface area contributed by atoms with E-state index in [0.29, 0.717) is 11.6 Å². The summed E-state index contributed by atoms with van der Waals surface area (Å²) in [4.78, 5) is 11.2. The molecule has 0 bridgehead atoms. The molecule has 2 aromatic rings. The van der Waals surface area contributed by atoms with Crippen LogP contribution < -0.4 is 11.1 Å². The van der Waals surface area contributed by atoms with Crippen LogP contribution in [0.1, 0.15) is 34.8 Å². The van der Waals surface area contributed by atoms with Gasteiger partial charge in [-0.15, -0.1) is 0 Å². The summed E-state index contributed by atoms with van der Waals surface area (Å²) in [6.07, 6.45) is 2.59. The minimum absolute atomic E-state index is 0.0881. The Balaban J connectivity index is 1.75. The summed E-state index contributed by atoms with van der Waals surface area (Å²) in [5.74, 6) is -0.590. The van der Waals surface area contributed by atoms with Crippen LogP contribution in [0.5, 0.6) is 11.5 Å². The first kappa shape index (κ1) is 17.8. The van der Waals surface area contributed by atoms with Gasteiger partial charge in [-0.25, -0.2) is 0 Å². The van der Waals surface area contributed by atoms with Crippen LogP contribution in [0.25, 0.3) is 0 Å². The van der Waals surface area contributed by atoms with Crippen molar-refractivity contribution in [3.05, 3.63) is 59.2 Å². The van der Waals surface area contributed by atoms with E-state index in [1.165, 1.54) is 6.07 Å². The SMILES string of the molecule is C[C@H](CCc1cccc(C(N)=O)c1)NCCc1ccc(O)c(O)c1. The van der Waals surface area contributed by atoms with Crippen molar-refractivity contribution >= 4 is 5.91 Å². The highest BCUT2D eigenvalue weighted by Gasteiger charge is 2.06. The van der Waals surface area contributed by atoms with Crippen molar-refractivity contribution in [2.45, 2.75) is 32.2 Å². The van der Waals surface area contributed by atoms with Gasteiger partial charge in [-0.2, -0.15) is 0 Å². The summed E-state index contributed by atoms with van der Waals surface area (Å²) in [5, 5.41) is 22.2. The Morgan fingerprint density at radius 3 is 2.54 bits per heavy atom. The first-order valence-electron chi connectivity index (χ1n) is 8.08. The van der Waals surface area contributed by atoms with Crippen molar-refractivity contribution in [1.82, 2.24) is 5.32 Å². The highest BCUT2D eigenvalue weighted by Crippen LogP contribution is 2.24. The van der Waals surface area contributed by atoms with Gasteiger partial charge in [0.15, 0.2) is 11.5 Å². The summed E-state index contributed by atoms with van der Waals surface area (Å²) >= 11 is 0. The summed E-state index contributed by atoms with van der Waals surface area (Å²) in [5.41, 5.74) is 7.91. The zero-order chi connectivity index (χ0) is 17.5. The van der Waals surface area contributed by atoms with Crippen molar-refractivity contribution in [3.8, 4) is 11.5 Å². The average molecular weight is 328 g/mol. The molecule has 2 aromatic carbocycles. The number of aryl methyl sites for hydroxylation is 1. The quantitative estimate of drug-likeness (QED) is 0.559. The van der Waals surface area contributed by atoms with Crippen LogP contribution in [-0.2, 0) is 12.8 Å². The van der Waals surface area contributed by atoms with Gasteiger partial charge in [0.2, 0.25) is 5.91 Å². The van der Waals surface area contributed by atoms with Gasteiger partial charge in [-0.05, 0) is 68.1 Å². The molecule has 128 valence electrons. The van der Waals surface area contributed by atoms with Crippen molar-refractivity contribution in [2.75, 3.05) is 6.54 Å². The Hall–Kier alpha value is -2.53. The molecule has 0 heterocycles. The minimum atomic E-state index is -0.403. The lowest BCUT2D eigenvalue weighted by atomic mass is 10.0. The third-order valence-electron chi connectivity index (χ3n) is 4.02. The second-order valence-corrected chi connectivity index (χ2v) is 6.03. The fourth-order valence-corrected chi connectivity index (χ4v) is 2.55. The fourth-order valence-electron chi connectivity index (χ4n) is 2.55. The second-order valence-electron chi connectivity index (χ2n) is 6.03. The van der Waals surface area contributed by atoms with Gasteiger partial charge in [0, 0.05) is 11.6 Å². The van der Waals surface area contributed by atoms with E-state index in [2.05, 4.69) is 12.2 Å². The van der Waals surface area contributed by atoms with Crippen LogP contribution in [0.3, 0.4) is 0 Å². The lowest BCUT2D eigenvalue weighted by molar-refractivity contribution is 0.1000. The molecular formula is C19H24N2O3. The lowest BCUT2D eigenvalue weighted by Gasteiger charge is -2.14. The zero-order valence-electron chi connectivity index (χ0n) is 13.8. The largest absolute Gasteiger partial charge is 0.504 e. The third-order valence-corrected chi connectivity index (χ3v) is 4.02. The number of nitrogens with two attached hydrogens (primary N) is 1. The molecule has 0 radical (unpaired) electrons. The molecule has 0 aliphatic heterocycles. The summed E-state index contributed by atoms with van der Waals surface area (Å²) in [6.45, 7) is 2.90. The maximum Gasteiger partial charge on any atom is 0.248 e. The highest BCUT2D eigenvalue weighted by molar-refractivity contribution is 5.92. The number of hydrogen-bond donors (Lipinski definition) is 4. The van der Waals surface area contributed by atoms with Crippen LogP contribution in [0.2, 0.25) is 0 Å². The van der Waals surface area contributed by atoms with Gasteiger partial charge < -0.3 is 21.3 Å². The Bertz CT molecular complexity index is 701. The van der Waals surface area contributed by atoms with Crippen LogP contribution >= 0.6 is 0 Å². The van der Waals surface area contributed by atoms with Crippen molar-refractivity contribution in [3.63, 3.8) is 0 Å². The van der Waals surface area contributed by atoms with Crippen LogP contribution in [0.4, 0.5) is 0 Å². The fraction of sp³-hybridized carbons (Fsp3) is 0.316. The second kappa shape index (κ2) is 8.36. The zero-order valence-corrected chi connectivity index (χ0v) is 13.8. The van der Waals surface area contributed by atoms with E-state index in [9.17, 15) is 15.0 Å². The molecule has 0 aliphatic rings. The molecule has 0 saturated carbocycles. The van der Waals surface area contributed by atoms with E-state index in [1.807, 2.05) is 18.2 Å². The Labute approximate surface area is 142 Å². The molecule has 0 spiro atoms. The Morgan fingerprint density at radius 1 is 1.08 bits per heavy atom. The summed E-state index contributed by atoms with van der Waals surface area (Å²) in [6, 6.07) is 12.6. The molecule has 0 aliphatic carbocycles. The van der Waals surface area contributed by atoms with E-state index in [1.54, 1.807) is 18.2 Å². The molecule has 1 amide bonds. The molecule has 0 fully saturated rings. The van der Waals surface area contributed by atoms with E-state index in [-0.39, 0.29) is 11.5 Å². The normalized spacial score (nSPS) is 12.0. The molecule has 2 rings (SSSR count). The van der Waals surface area contributed by atoms with Crippen molar-refractivity contribution < 1.29 is 15.0 Å². The number of nitrogens with one attached hydrogen (secondary N) is 1. The van der Waals surface area contributed by atoms with E-state index >= 15 is 0 Å². The van der Waals surface area contributed by atoms with Crippen molar-refractivity contribution in [2.24, 2.45) is 5.73 Å². The van der Waals surface area contributed by atoms with Gasteiger partial charge in [0.25, 0.3) is 0 Å². The van der Waals surface area contributed by atoms with Gasteiger partial charge in [-0.3, -0.25) is 4.79 Å². The number of carbonyl (C=O) groups is 1. The third kappa shape index (κ3) is 5.28. The molecule has 0 saturated heterocycles. The molecule has 5 heteroatoms. The van der Waals surface area contributed by atoms with Crippen molar-refractivity contribution in [1.29, 1.82) is 0 Å². The molecule has 5 N–H and O–H groups in total. The predicted octanol–water partition coefficient (Wildman–Crippen LogP) is 2.35. The number of aromatic hydroxyl groups is 2. The smallest absolute Gasteiger partial charge is 0.248 e. The molecule has 0 unspecified atom stereocenters. The number of phenols is 2. The number of primary amides is 1. The monoisotopic (exact) mass is 328 g/mol. The number of benzene rings is 2. The predicted molar refractivity (Wildman–Crippen MR) is 94.2 cm³/mol. The maximum atomic E-state index is 11.2. The average Bonchev–Trinajstić information content (AvgIpc) is 2.56. The van der Waals surface area contributed by atoms with E-state index < -0.39 is 5.91 Å². The molecule has 24 heavy (non-hydrogen) atoms. The topological polar surface area (TPSA) is 95.6 Å². The molecular weight excluding hydrogens is 304 g/mol. The maximum absolute atomic E-state index is 11.2. The lowest BCUT2D eigenvalue weighted by Crippen LogP contribution is -2.28. The first-order chi connectivity index (χ1) is 11.5. The number of hydrogen-bond acceptors (Lipinski definition) is 4. The van der Waals surface area contributed by atoms with E-state index in [4.69, 9.17) is 5.73 Å². The van der Waals surface area contributed by atoms with Gasteiger partial charge >= 0.3 is 0 Å². The van der Waals surface area contributed by atoms with Crippen LogP contribution in [0, 0.1) is 0 Å². The molecule has 5 nitrogen and oxygen atoms in total. The Kier molecular flexibility index (Phi) is 6.21. The van der Waals surface area contributed by atoms with Gasteiger partial charge in [0.1, 0.15) is 0 Å². The van der Waals surface area contributed by atoms with E-state index in [0.717, 1.165) is 36.9 Å². The summed E-state index contributed by atoms with van der Waals surface area (Å²) in [7, 11) is 0. The molecule has 0 aromatic heterocycles. The first-order valence-corrected chi connectivity index (χ1v) is 8.08. The number of amides is 1. The number of rotatable bonds is 8.